The Kier molecular flexibility index (Phi) is 8.16. The van der Waals surface area contributed by atoms with Crippen LogP contribution in [0.3, 0.4) is 0 Å². The first-order chi connectivity index (χ1) is 9.19. The molecule has 2 heteroatoms. The molecule has 0 saturated heterocycles. The fourth-order valence-electron chi connectivity index (χ4n) is 2.55. The van der Waals surface area contributed by atoms with E-state index in [1.54, 1.807) is 0 Å². The molecule has 0 aliphatic heterocycles. The summed E-state index contributed by atoms with van der Waals surface area (Å²) >= 11 is 6.14. The van der Waals surface area contributed by atoms with Gasteiger partial charge in [-0.2, -0.15) is 0 Å². The Morgan fingerprint density at radius 2 is 1.84 bits per heavy atom. The van der Waals surface area contributed by atoms with Gasteiger partial charge in [0.2, 0.25) is 0 Å². The zero-order valence-corrected chi connectivity index (χ0v) is 13.4. The number of unbranched alkanes of at least 4 members (excludes halogenated alkanes) is 4. The van der Waals surface area contributed by atoms with Gasteiger partial charge in [0.25, 0.3) is 0 Å². The predicted molar refractivity (Wildman–Crippen MR) is 86.0 cm³/mol. The molecule has 0 spiro atoms. The van der Waals surface area contributed by atoms with Crippen LogP contribution in [0.2, 0.25) is 5.02 Å². The van der Waals surface area contributed by atoms with Crippen LogP contribution in [0.4, 0.5) is 0 Å². The lowest BCUT2D eigenvalue weighted by atomic mass is 9.96. The summed E-state index contributed by atoms with van der Waals surface area (Å²) in [5.41, 5.74) is 2.70. The van der Waals surface area contributed by atoms with Crippen molar-refractivity contribution in [3.05, 3.63) is 34.3 Å². The molecule has 1 unspecified atom stereocenters. The highest BCUT2D eigenvalue weighted by Crippen LogP contribution is 2.26. The van der Waals surface area contributed by atoms with Gasteiger partial charge < -0.3 is 5.32 Å². The number of hydrogen-bond donors (Lipinski definition) is 1. The molecule has 1 atom stereocenters. The van der Waals surface area contributed by atoms with E-state index in [4.69, 9.17) is 11.6 Å². The summed E-state index contributed by atoms with van der Waals surface area (Å²) in [6.45, 7) is 7.61. The molecule has 108 valence electrons. The lowest BCUT2D eigenvalue weighted by molar-refractivity contribution is 0.477. The molecule has 0 saturated carbocycles. The van der Waals surface area contributed by atoms with Crippen LogP contribution in [-0.4, -0.2) is 6.54 Å². The number of rotatable bonds is 9. The quantitative estimate of drug-likeness (QED) is 0.576. The van der Waals surface area contributed by atoms with Gasteiger partial charge in [0.15, 0.2) is 0 Å². The fourth-order valence-corrected chi connectivity index (χ4v) is 2.73. The Morgan fingerprint density at radius 3 is 2.53 bits per heavy atom. The van der Waals surface area contributed by atoms with Crippen LogP contribution in [0.1, 0.15) is 69.5 Å². The topological polar surface area (TPSA) is 12.0 Å². The summed E-state index contributed by atoms with van der Waals surface area (Å²) in [6, 6.07) is 6.67. The van der Waals surface area contributed by atoms with Crippen molar-refractivity contribution in [1.29, 1.82) is 0 Å². The Balaban J connectivity index is 2.58. The minimum Gasteiger partial charge on any atom is -0.310 e. The van der Waals surface area contributed by atoms with Gasteiger partial charge in [0.1, 0.15) is 0 Å². The van der Waals surface area contributed by atoms with Gasteiger partial charge in [-0.3, -0.25) is 0 Å². The van der Waals surface area contributed by atoms with Crippen molar-refractivity contribution < 1.29 is 0 Å². The maximum absolute atomic E-state index is 6.14. The molecule has 1 rings (SSSR count). The van der Waals surface area contributed by atoms with E-state index in [1.165, 1.54) is 49.7 Å². The molecule has 0 aliphatic rings. The van der Waals surface area contributed by atoms with Crippen LogP contribution >= 0.6 is 11.6 Å². The minimum absolute atomic E-state index is 0.449. The summed E-state index contributed by atoms with van der Waals surface area (Å²) in [7, 11) is 0. The molecule has 0 heterocycles. The van der Waals surface area contributed by atoms with Gasteiger partial charge in [-0.05, 0) is 43.1 Å². The van der Waals surface area contributed by atoms with Crippen LogP contribution in [0.5, 0.6) is 0 Å². The van der Waals surface area contributed by atoms with E-state index in [9.17, 15) is 0 Å². The second-order valence-corrected chi connectivity index (χ2v) is 5.75. The summed E-state index contributed by atoms with van der Waals surface area (Å²) < 4.78 is 0. The predicted octanol–water partition coefficient (Wildman–Crippen LogP) is 5.66. The smallest absolute Gasteiger partial charge is 0.0409 e. The molecular formula is C17H28ClN. The lowest BCUT2D eigenvalue weighted by Crippen LogP contribution is -2.21. The zero-order valence-electron chi connectivity index (χ0n) is 12.6. The third-order valence-corrected chi connectivity index (χ3v) is 3.90. The van der Waals surface area contributed by atoms with E-state index in [1.807, 2.05) is 6.07 Å². The average Bonchev–Trinajstić information content (AvgIpc) is 2.40. The standard InChI is InChI=1S/C17H28ClN/c1-4-6-7-8-9-10-17(19-5-2)16-13-15(18)12-11-14(16)3/h11-13,17,19H,4-10H2,1-3H3. The van der Waals surface area contributed by atoms with Crippen LogP contribution in [-0.2, 0) is 0 Å². The molecule has 1 aromatic rings. The first-order valence-electron chi connectivity index (χ1n) is 7.68. The third kappa shape index (κ3) is 5.97. The largest absolute Gasteiger partial charge is 0.310 e. The molecule has 1 N–H and O–H groups in total. The average molecular weight is 282 g/mol. The van der Waals surface area contributed by atoms with E-state index < -0.39 is 0 Å². The Hall–Kier alpha value is -0.530. The number of aryl methyl sites for hydroxylation is 1. The highest BCUT2D eigenvalue weighted by molar-refractivity contribution is 6.30. The maximum atomic E-state index is 6.14. The maximum Gasteiger partial charge on any atom is 0.0409 e. The molecule has 0 aliphatic carbocycles. The molecule has 1 aromatic carbocycles. The second kappa shape index (κ2) is 9.39. The van der Waals surface area contributed by atoms with Gasteiger partial charge in [0.05, 0.1) is 0 Å². The van der Waals surface area contributed by atoms with Crippen LogP contribution < -0.4 is 5.32 Å². The summed E-state index contributed by atoms with van der Waals surface area (Å²) in [4.78, 5) is 0. The highest BCUT2D eigenvalue weighted by atomic mass is 35.5. The van der Waals surface area contributed by atoms with E-state index in [2.05, 4.69) is 38.2 Å². The number of halogens is 1. The molecule has 0 aromatic heterocycles. The highest BCUT2D eigenvalue weighted by Gasteiger charge is 2.12. The Morgan fingerprint density at radius 1 is 1.11 bits per heavy atom. The first kappa shape index (κ1) is 16.5. The SMILES string of the molecule is CCCCCCCC(NCC)c1cc(Cl)ccc1C. The van der Waals surface area contributed by atoms with E-state index in [-0.39, 0.29) is 0 Å². The second-order valence-electron chi connectivity index (χ2n) is 5.31. The normalized spacial score (nSPS) is 12.6. The van der Waals surface area contributed by atoms with E-state index in [0.29, 0.717) is 6.04 Å². The van der Waals surface area contributed by atoms with Gasteiger partial charge >= 0.3 is 0 Å². The minimum atomic E-state index is 0.449. The summed E-state index contributed by atoms with van der Waals surface area (Å²) in [6.07, 6.45) is 7.88. The zero-order chi connectivity index (χ0) is 14.1. The van der Waals surface area contributed by atoms with E-state index >= 15 is 0 Å². The van der Waals surface area contributed by atoms with Gasteiger partial charge in [0, 0.05) is 11.1 Å². The van der Waals surface area contributed by atoms with E-state index in [0.717, 1.165) is 11.6 Å². The van der Waals surface area contributed by atoms with Gasteiger partial charge in [-0.15, -0.1) is 0 Å². The Bertz CT molecular complexity index is 362. The van der Waals surface area contributed by atoms with Gasteiger partial charge in [-0.1, -0.05) is 63.6 Å². The van der Waals surface area contributed by atoms with Crippen LogP contribution in [0.25, 0.3) is 0 Å². The summed E-state index contributed by atoms with van der Waals surface area (Å²) in [5.74, 6) is 0. The lowest BCUT2D eigenvalue weighted by Gasteiger charge is -2.20. The van der Waals surface area contributed by atoms with Crippen molar-refractivity contribution in [2.45, 2.75) is 65.3 Å². The van der Waals surface area contributed by atoms with Crippen molar-refractivity contribution in [1.82, 2.24) is 5.32 Å². The van der Waals surface area contributed by atoms with Crippen LogP contribution in [0, 0.1) is 6.92 Å². The summed E-state index contributed by atoms with van der Waals surface area (Å²) in [5, 5.41) is 4.44. The molecule has 0 radical (unpaired) electrons. The molecule has 19 heavy (non-hydrogen) atoms. The molecule has 0 amide bonds. The van der Waals surface area contributed by atoms with Crippen molar-refractivity contribution in [2.24, 2.45) is 0 Å². The van der Waals surface area contributed by atoms with Crippen molar-refractivity contribution in [2.75, 3.05) is 6.54 Å². The molecule has 0 fully saturated rings. The van der Waals surface area contributed by atoms with Crippen LogP contribution in [0.15, 0.2) is 18.2 Å². The monoisotopic (exact) mass is 281 g/mol. The Labute approximate surface area is 123 Å². The van der Waals surface area contributed by atoms with Crippen molar-refractivity contribution >= 4 is 11.6 Å². The van der Waals surface area contributed by atoms with Crippen molar-refractivity contribution in [3.8, 4) is 0 Å². The molecule has 1 nitrogen and oxygen atoms in total. The van der Waals surface area contributed by atoms with Crippen molar-refractivity contribution in [3.63, 3.8) is 0 Å². The van der Waals surface area contributed by atoms with Gasteiger partial charge in [-0.25, -0.2) is 0 Å². The number of hydrogen-bond acceptors (Lipinski definition) is 1. The molecule has 0 bridgehead atoms. The number of benzene rings is 1. The fraction of sp³-hybridized carbons (Fsp3) is 0.647. The molecular weight excluding hydrogens is 254 g/mol. The third-order valence-electron chi connectivity index (χ3n) is 3.66. The first-order valence-corrected chi connectivity index (χ1v) is 8.06. The number of nitrogens with one attached hydrogen (secondary N) is 1.